The lowest BCUT2D eigenvalue weighted by Crippen LogP contribution is -2.34. The van der Waals surface area contributed by atoms with Gasteiger partial charge in [0, 0.05) is 25.7 Å². The fraction of sp³-hybridized carbons (Fsp3) is 0.321. The molecule has 5 aromatic carbocycles. The van der Waals surface area contributed by atoms with Crippen LogP contribution >= 0.6 is 0 Å². The zero-order valence-electron chi connectivity index (χ0n) is 41.8. The number of phenolic OH excluding ortho intramolecular Hbond substituents is 2. The van der Waals surface area contributed by atoms with E-state index in [0.29, 0.717) is 66.8 Å². The third-order valence-electron chi connectivity index (χ3n) is 12.6. The first-order valence-corrected chi connectivity index (χ1v) is 23.8. The summed E-state index contributed by atoms with van der Waals surface area (Å²) in [6.07, 6.45) is 2.78. The van der Waals surface area contributed by atoms with Crippen molar-refractivity contribution >= 4 is 59.4 Å². The third-order valence-corrected chi connectivity index (χ3v) is 12.6. The largest absolute Gasteiger partial charge is 0.507 e. The number of esters is 2. The van der Waals surface area contributed by atoms with E-state index in [-0.39, 0.29) is 74.6 Å². The van der Waals surface area contributed by atoms with Gasteiger partial charge in [0.1, 0.15) is 11.5 Å². The average molecular weight is 977 g/mol. The van der Waals surface area contributed by atoms with Gasteiger partial charge >= 0.3 is 35.6 Å². The molecule has 3 aliphatic rings. The lowest BCUT2D eigenvalue weighted by molar-refractivity contribution is -0.143. The van der Waals surface area contributed by atoms with E-state index in [0.717, 1.165) is 11.1 Å². The molecule has 374 valence electrons. The summed E-state index contributed by atoms with van der Waals surface area (Å²) in [7, 11) is 0. The number of nitrogens with zero attached hydrogens (tertiary/aromatic N) is 2. The number of ether oxygens (including phenoxy) is 2. The predicted octanol–water partition coefficient (Wildman–Crippen LogP) is 7.07. The molecular weight excluding hydrogens is 917 g/mol. The van der Waals surface area contributed by atoms with E-state index in [1.54, 1.807) is 50.2 Å². The van der Waals surface area contributed by atoms with Crippen molar-refractivity contribution in [2.75, 3.05) is 23.8 Å². The Kier molecular flexibility index (Phi) is 15.4. The molecule has 2 aliphatic heterocycles. The smallest absolute Gasteiger partial charge is 0.329 e. The van der Waals surface area contributed by atoms with E-state index < -0.39 is 46.4 Å². The quantitative estimate of drug-likeness (QED) is 0.0734. The number of aromatic hydroxyl groups is 2. The minimum Gasteiger partial charge on any atom is -0.507 e. The molecule has 16 heteroatoms. The number of carbonyl (C=O) groups is 6. The van der Waals surface area contributed by atoms with E-state index in [2.05, 4.69) is 73.2 Å². The molecule has 0 spiro atoms. The van der Waals surface area contributed by atoms with Gasteiger partial charge in [-0.05, 0) is 139 Å². The molecule has 0 radical (unpaired) electrons. The van der Waals surface area contributed by atoms with Crippen LogP contribution in [0.2, 0.25) is 0 Å². The Morgan fingerprint density at radius 1 is 0.514 bits per heavy atom. The molecule has 72 heavy (non-hydrogen) atoms. The van der Waals surface area contributed by atoms with Crippen LogP contribution in [0.5, 0.6) is 11.5 Å². The maximum Gasteiger partial charge on any atom is 0.329 e. The second-order valence-electron chi connectivity index (χ2n) is 19.9. The zero-order chi connectivity index (χ0) is 52.1. The number of hydrogen-bond acceptors (Lipinski definition) is 12. The highest BCUT2D eigenvalue weighted by atomic mass is 16.5. The van der Waals surface area contributed by atoms with Crippen molar-refractivity contribution in [3.63, 3.8) is 0 Å². The highest BCUT2D eigenvalue weighted by Gasteiger charge is 2.28. The average Bonchev–Trinajstić information content (AvgIpc) is 3.30. The first kappa shape index (κ1) is 51.7. The molecule has 6 N–H and O–H groups in total. The van der Waals surface area contributed by atoms with Crippen LogP contribution in [0.25, 0.3) is 0 Å². The molecule has 0 saturated carbocycles. The third kappa shape index (κ3) is 12.2. The monoisotopic (exact) mass is 976 g/mol. The van der Waals surface area contributed by atoms with Gasteiger partial charge in [-0.15, -0.1) is 0 Å². The molecule has 10 bridgehead atoms. The highest BCUT2D eigenvalue weighted by Crippen LogP contribution is 2.39. The summed E-state index contributed by atoms with van der Waals surface area (Å²) >= 11 is 0. The van der Waals surface area contributed by atoms with Crippen LogP contribution in [0.1, 0.15) is 133 Å². The van der Waals surface area contributed by atoms with Crippen LogP contribution in [0, 0.1) is 0 Å². The normalized spacial score (nSPS) is 14.2. The van der Waals surface area contributed by atoms with Crippen LogP contribution in [0.15, 0.2) is 83.0 Å². The number of nitrogens with one attached hydrogen (secondary N) is 4. The SMILES string of the molecule is CCOC(=O)Cc1c2cc(C(C)(C)C)cc1Cc1cc3cc(c1O)Cc1cc(C(C)(C)C)cc(c1CC(=O)OCC)Cc1cc(cc(c1O)C2)C=NNC(=O)C(=O)Nc1ccccc1NC(=O)C(=O)NN=C3. The Bertz CT molecular complexity index is 2770. The van der Waals surface area contributed by atoms with Gasteiger partial charge in [-0.2, -0.15) is 10.2 Å². The van der Waals surface area contributed by atoms with Crippen LogP contribution in [0.3, 0.4) is 0 Å². The second-order valence-corrected chi connectivity index (χ2v) is 19.9. The van der Waals surface area contributed by atoms with Crippen LogP contribution in [-0.2, 0) is 87.6 Å². The van der Waals surface area contributed by atoms with Crippen molar-refractivity contribution in [2.24, 2.45) is 10.2 Å². The minimum absolute atomic E-state index is 0.0144. The number of hydrogen-bond donors (Lipinski definition) is 6. The molecule has 0 saturated heterocycles. The first-order valence-electron chi connectivity index (χ1n) is 23.8. The maximum absolute atomic E-state index is 13.6. The summed E-state index contributed by atoms with van der Waals surface area (Å²) in [6, 6.07) is 20.8. The molecule has 16 nitrogen and oxygen atoms in total. The number of fused-ring (bicyclic) bond motifs is 8. The second kappa shape index (κ2) is 21.5. The van der Waals surface area contributed by atoms with Crippen molar-refractivity contribution in [1.29, 1.82) is 0 Å². The van der Waals surface area contributed by atoms with E-state index in [1.165, 1.54) is 24.6 Å². The molecular formula is C56H60N6O10. The lowest BCUT2D eigenvalue weighted by atomic mass is 9.79. The van der Waals surface area contributed by atoms with E-state index in [4.69, 9.17) is 9.47 Å². The van der Waals surface area contributed by atoms with Crippen molar-refractivity contribution in [3.8, 4) is 11.5 Å². The molecule has 0 fully saturated rings. The number of anilines is 2. The van der Waals surface area contributed by atoms with Gasteiger partial charge < -0.3 is 30.3 Å². The number of amides is 4. The number of carbonyl (C=O) groups excluding carboxylic acids is 6. The number of para-hydroxylation sites is 2. The van der Waals surface area contributed by atoms with Gasteiger partial charge in [0.25, 0.3) is 0 Å². The summed E-state index contributed by atoms with van der Waals surface area (Å²) in [5.74, 6) is -5.63. The molecule has 0 aromatic heterocycles. The molecule has 5 aromatic rings. The van der Waals surface area contributed by atoms with Gasteiger partial charge in [0.15, 0.2) is 0 Å². The van der Waals surface area contributed by atoms with Crippen molar-refractivity contribution in [3.05, 3.63) is 151 Å². The number of rotatable bonds is 6. The van der Waals surface area contributed by atoms with Gasteiger partial charge in [-0.25, -0.2) is 10.9 Å². The van der Waals surface area contributed by atoms with Crippen LogP contribution in [-0.4, -0.2) is 71.4 Å². The Labute approximate surface area is 418 Å². The van der Waals surface area contributed by atoms with Crippen LogP contribution in [0.4, 0.5) is 11.4 Å². The summed E-state index contributed by atoms with van der Waals surface area (Å²) in [4.78, 5) is 80.0. The highest BCUT2D eigenvalue weighted by molar-refractivity contribution is 6.41. The van der Waals surface area contributed by atoms with Gasteiger partial charge in [0.05, 0.1) is 49.9 Å². The number of phenols is 2. The fourth-order valence-electron chi connectivity index (χ4n) is 8.83. The van der Waals surface area contributed by atoms with Gasteiger partial charge in [0.2, 0.25) is 0 Å². The molecule has 0 unspecified atom stereocenters. The Balaban J connectivity index is 1.57. The summed E-state index contributed by atoms with van der Waals surface area (Å²) < 4.78 is 11.0. The Morgan fingerprint density at radius 3 is 1.12 bits per heavy atom. The van der Waals surface area contributed by atoms with Crippen molar-refractivity contribution < 1.29 is 48.5 Å². The summed E-state index contributed by atoms with van der Waals surface area (Å²) in [5.41, 5.74) is 12.2. The predicted molar refractivity (Wildman–Crippen MR) is 274 cm³/mol. The van der Waals surface area contributed by atoms with Gasteiger partial charge in [-0.1, -0.05) is 77.9 Å². The molecule has 8 rings (SSSR count). The molecule has 2 heterocycles. The van der Waals surface area contributed by atoms with Crippen molar-refractivity contribution in [2.45, 2.75) is 105 Å². The van der Waals surface area contributed by atoms with E-state index in [1.807, 2.05) is 24.3 Å². The van der Waals surface area contributed by atoms with E-state index in [9.17, 15) is 39.0 Å². The molecule has 1 aliphatic carbocycles. The first-order chi connectivity index (χ1) is 34.1. The summed E-state index contributed by atoms with van der Waals surface area (Å²) in [5, 5.41) is 38.2. The lowest BCUT2D eigenvalue weighted by Gasteiger charge is -2.26. The Hall–Kier alpha value is -8.14. The molecule has 0 atom stereocenters. The fourth-order valence-corrected chi connectivity index (χ4v) is 8.83. The zero-order valence-corrected chi connectivity index (χ0v) is 41.8. The topological polar surface area (TPSA) is 234 Å². The Morgan fingerprint density at radius 2 is 0.833 bits per heavy atom. The standard InChI is InChI=1S/C56H60N6O10/c1-9-71-47(63)27-43-33-19-37-15-31-17-39(49(37)65)21-35-25-42(56(6,7)8)26-36(44(35)28-48(64)72-10-2)22-40-18-32(16-38(50(40)66)20-34(43)24-41(23-33)55(3,4)5)30-58-62-54(70)52(68)60-46-14-12-11-13-45(46)59-51(67)53(69)61-57-29-31/h11-18,23-26,29-30,65-66H,9-10,19-22,27-28H2,1-8H3,(H,59,67)(H,60,68)(H,61,69)(H,62,70). The van der Waals surface area contributed by atoms with E-state index >= 15 is 0 Å². The number of benzene rings is 5. The number of hydrazone groups is 2. The summed E-state index contributed by atoms with van der Waals surface area (Å²) in [6.45, 7) is 16.1. The maximum atomic E-state index is 13.6. The minimum atomic E-state index is -1.15. The van der Waals surface area contributed by atoms with Crippen LogP contribution < -0.4 is 21.5 Å². The molecule has 4 amide bonds. The van der Waals surface area contributed by atoms with Crippen molar-refractivity contribution in [1.82, 2.24) is 10.9 Å². The van der Waals surface area contributed by atoms with Gasteiger partial charge in [-0.3, -0.25) is 28.8 Å².